The third-order valence-corrected chi connectivity index (χ3v) is 4.26. The molecule has 0 saturated heterocycles. The van der Waals surface area contributed by atoms with Gasteiger partial charge in [0.1, 0.15) is 18.6 Å². The van der Waals surface area contributed by atoms with E-state index in [4.69, 9.17) is 14.3 Å². The van der Waals surface area contributed by atoms with Crippen LogP contribution in [-0.2, 0) is 6.61 Å². The minimum absolute atomic E-state index is 0.232. The highest BCUT2D eigenvalue weighted by molar-refractivity contribution is 5.17. The zero-order chi connectivity index (χ0) is 17.5. The van der Waals surface area contributed by atoms with E-state index in [1.807, 2.05) is 0 Å². The molecule has 0 amide bonds. The smallest absolute Gasteiger partial charge is 0.227 e. The van der Waals surface area contributed by atoms with Gasteiger partial charge in [-0.25, -0.2) is 0 Å². The largest absolute Gasteiger partial charge is 0.487 e. The second kappa shape index (κ2) is 14.1. The minimum Gasteiger partial charge on any atom is -0.487 e. The molecule has 1 aromatic rings. The molecule has 0 saturated carbocycles. The Hall–Kier alpha value is -1.29. The van der Waals surface area contributed by atoms with Crippen LogP contribution in [0, 0.1) is 0 Å². The molecule has 0 aliphatic heterocycles. The van der Waals surface area contributed by atoms with Crippen LogP contribution in [0.3, 0.4) is 0 Å². The molecule has 138 valence electrons. The van der Waals surface area contributed by atoms with E-state index >= 15 is 0 Å². The Kier molecular flexibility index (Phi) is 12.2. The number of aliphatic hydroxyl groups excluding tert-OH is 1. The van der Waals surface area contributed by atoms with Gasteiger partial charge in [-0.15, -0.1) is 0 Å². The van der Waals surface area contributed by atoms with Crippen molar-refractivity contribution in [3.05, 3.63) is 28.3 Å². The predicted molar refractivity (Wildman–Crippen MR) is 97.5 cm³/mol. The molecule has 24 heavy (non-hydrogen) atoms. The summed E-state index contributed by atoms with van der Waals surface area (Å²) in [7, 11) is 0. The van der Waals surface area contributed by atoms with Crippen LogP contribution in [0.25, 0.3) is 0 Å². The summed E-state index contributed by atoms with van der Waals surface area (Å²) >= 11 is 0. The number of hydrogen-bond donors (Lipinski definition) is 1. The van der Waals surface area contributed by atoms with Gasteiger partial charge in [0.15, 0.2) is 0 Å². The Balaban J connectivity index is 1.91. The van der Waals surface area contributed by atoms with E-state index in [-0.39, 0.29) is 23.5 Å². The molecule has 1 N–H and O–H groups in total. The molecule has 0 bridgehead atoms. The topological polar surface area (TPSA) is 59.7 Å². The monoisotopic (exact) mass is 338 g/mol. The van der Waals surface area contributed by atoms with E-state index in [0.29, 0.717) is 6.61 Å². The fourth-order valence-electron chi connectivity index (χ4n) is 2.75. The molecule has 4 heteroatoms. The Morgan fingerprint density at radius 2 is 1.46 bits per heavy atom. The number of rotatable bonds is 15. The normalized spacial score (nSPS) is 10.9. The minimum atomic E-state index is -0.270. The highest BCUT2D eigenvalue weighted by Gasteiger charge is 2.03. The van der Waals surface area contributed by atoms with Crippen molar-refractivity contribution in [1.82, 2.24) is 0 Å². The summed E-state index contributed by atoms with van der Waals surface area (Å²) in [6.45, 7) is 2.53. The van der Waals surface area contributed by atoms with Crippen molar-refractivity contribution in [1.29, 1.82) is 0 Å². The lowest BCUT2D eigenvalue weighted by atomic mass is 10.1. The van der Waals surface area contributed by atoms with Gasteiger partial charge in [0.25, 0.3) is 0 Å². The maximum absolute atomic E-state index is 11.7. The SMILES string of the molecule is CCCCCCCCCCCCCCOc1coc(CO)cc1=O. The second-order valence-corrected chi connectivity index (χ2v) is 6.47. The molecule has 0 aromatic carbocycles. The van der Waals surface area contributed by atoms with Crippen LogP contribution in [0.5, 0.6) is 5.75 Å². The fraction of sp³-hybridized carbons (Fsp3) is 0.750. The van der Waals surface area contributed by atoms with Crippen molar-refractivity contribution in [3.8, 4) is 5.75 Å². The fourth-order valence-corrected chi connectivity index (χ4v) is 2.75. The van der Waals surface area contributed by atoms with Crippen LogP contribution in [0.2, 0.25) is 0 Å². The molecular formula is C20H34O4. The molecule has 0 unspecified atom stereocenters. The van der Waals surface area contributed by atoms with Crippen LogP contribution < -0.4 is 10.2 Å². The Morgan fingerprint density at radius 1 is 0.917 bits per heavy atom. The van der Waals surface area contributed by atoms with Gasteiger partial charge in [0.2, 0.25) is 11.2 Å². The molecule has 4 nitrogen and oxygen atoms in total. The van der Waals surface area contributed by atoms with Crippen molar-refractivity contribution in [2.75, 3.05) is 6.61 Å². The number of ether oxygens (including phenoxy) is 1. The zero-order valence-electron chi connectivity index (χ0n) is 15.2. The first-order chi connectivity index (χ1) is 11.8. The molecule has 0 fully saturated rings. The molecule has 0 radical (unpaired) electrons. The third kappa shape index (κ3) is 9.76. The Bertz CT molecular complexity index is 467. The van der Waals surface area contributed by atoms with Crippen LogP contribution in [0.1, 0.15) is 89.7 Å². The predicted octanol–water partition coefficient (Wildman–Crippen LogP) is 5.21. The molecule has 0 aliphatic carbocycles. The first kappa shape index (κ1) is 20.8. The van der Waals surface area contributed by atoms with E-state index in [1.54, 1.807) is 0 Å². The van der Waals surface area contributed by atoms with Gasteiger partial charge in [-0.1, -0.05) is 77.6 Å². The summed E-state index contributed by atoms with van der Waals surface area (Å²) < 4.78 is 10.5. The van der Waals surface area contributed by atoms with Gasteiger partial charge in [0, 0.05) is 6.07 Å². The van der Waals surface area contributed by atoms with E-state index in [1.165, 1.54) is 76.5 Å². The molecule has 0 spiro atoms. The summed E-state index contributed by atoms with van der Waals surface area (Å²) in [5.74, 6) is 0.494. The molecule has 1 heterocycles. The quantitative estimate of drug-likeness (QED) is 0.446. The highest BCUT2D eigenvalue weighted by atomic mass is 16.5. The lowest BCUT2D eigenvalue weighted by Crippen LogP contribution is -2.09. The highest BCUT2D eigenvalue weighted by Crippen LogP contribution is 2.12. The van der Waals surface area contributed by atoms with Crippen LogP contribution in [-0.4, -0.2) is 11.7 Å². The van der Waals surface area contributed by atoms with Gasteiger partial charge in [0.05, 0.1) is 6.61 Å². The van der Waals surface area contributed by atoms with Crippen molar-refractivity contribution < 1.29 is 14.3 Å². The van der Waals surface area contributed by atoms with Gasteiger partial charge >= 0.3 is 0 Å². The van der Waals surface area contributed by atoms with Gasteiger partial charge in [-0.3, -0.25) is 4.79 Å². The number of hydrogen-bond acceptors (Lipinski definition) is 4. The lowest BCUT2D eigenvalue weighted by molar-refractivity contribution is 0.236. The molecule has 0 aliphatic rings. The van der Waals surface area contributed by atoms with E-state index < -0.39 is 0 Å². The number of unbranched alkanes of at least 4 members (excludes halogenated alkanes) is 11. The Morgan fingerprint density at radius 3 is 1.96 bits per heavy atom. The van der Waals surface area contributed by atoms with Crippen LogP contribution in [0.15, 0.2) is 21.5 Å². The van der Waals surface area contributed by atoms with Gasteiger partial charge in [-0.05, 0) is 6.42 Å². The first-order valence-electron chi connectivity index (χ1n) is 9.63. The summed E-state index contributed by atoms with van der Waals surface area (Å²) in [6.07, 6.45) is 16.9. The van der Waals surface area contributed by atoms with Crippen LogP contribution in [0.4, 0.5) is 0 Å². The molecule has 1 aromatic heterocycles. The van der Waals surface area contributed by atoms with Crippen molar-refractivity contribution in [2.24, 2.45) is 0 Å². The van der Waals surface area contributed by atoms with Crippen LogP contribution >= 0.6 is 0 Å². The zero-order valence-corrected chi connectivity index (χ0v) is 15.2. The maximum atomic E-state index is 11.7. The van der Waals surface area contributed by atoms with E-state index in [2.05, 4.69) is 6.92 Å². The standard InChI is InChI=1S/C20H34O4/c1-2-3-4-5-6-7-8-9-10-11-12-13-14-23-20-17-24-18(16-21)15-19(20)22/h15,17,21H,2-14,16H2,1H3. The van der Waals surface area contributed by atoms with Gasteiger partial charge < -0.3 is 14.3 Å². The summed E-state index contributed by atoms with van der Waals surface area (Å²) in [5.41, 5.74) is -0.232. The lowest BCUT2D eigenvalue weighted by Gasteiger charge is -2.05. The molecule has 0 atom stereocenters. The summed E-state index contributed by atoms with van der Waals surface area (Å²) in [6, 6.07) is 1.28. The van der Waals surface area contributed by atoms with E-state index in [9.17, 15) is 4.79 Å². The Labute approximate surface area is 146 Å². The average molecular weight is 338 g/mol. The third-order valence-electron chi connectivity index (χ3n) is 4.26. The average Bonchev–Trinajstić information content (AvgIpc) is 2.60. The first-order valence-corrected chi connectivity index (χ1v) is 9.63. The molecule has 1 rings (SSSR count). The summed E-state index contributed by atoms with van der Waals surface area (Å²) in [4.78, 5) is 11.7. The number of aliphatic hydroxyl groups is 1. The van der Waals surface area contributed by atoms with Crippen molar-refractivity contribution >= 4 is 0 Å². The van der Waals surface area contributed by atoms with Crippen molar-refractivity contribution in [2.45, 2.75) is 90.6 Å². The van der Waals surface area contributed by atoms with E-state index in [0.717, 1.165) is 12.8 Å². The second-order valence-electron chi connectivity index (χ2n) is 6.47. The maximum Gasteiger partial charge on any atom is 0.227 e. The summed E-state index contributed by atoms with van der Waals surface area (Å²) in [5, 5.41) is 8.88. The molecular weight excluding hydrogens is 304 g/mol. The van der Waals surface area contributed by atoms with Gasteiger partial charge in [-0.2, -0.15) is 0 Å². The van der Waals surface area contributed by atoms with Crippen molar-refractivity contribution in [3.63, 3.8) is 0 Å².